The Morgan fingerprint density at radius 3 is 1.40 bits per heavy atom. The molecule has 0 N–H and O–H groups in total. The molecule has 0 heterocycles. The van der Waals surface area contributed by atoms with Gasteiger partial charge in [-0.05, 0) is 0 Å². The maximum atomic E-state index is 8.58. The van der Waals surface area contributed by atoms with Crippen LogP contribution in [0.25, 0.3) is 0 Å². The van der Waals surface area contributed by atoms with E-state index in [2.05, 4.69) is 0 Å². The standard InChI is InChI=1S/Co.3O.Ti/q+2;;2*-1;. The second-order valence-electron chi connectivity index (χ2n) is 0.250. The first-order valence-corrected chi connectivity index (χ1v) is 2.52. The van der Waals surface area contributed by atoms with Crippen molar-refractivity contribution in [2.75, 3.05) is 0 Å². The van der Waals surface area contributed by atoms with Gasteiger partial charge in [-0.15, -0.1) is 0 Å². The summed E-state index contributed by atoms with van der Waals surface area (Å²) >= 11 is -4.08. The molecule has 0 aliphatic heterocycles. The second-order valence-corrected chi connectivity index (χ2v) is 1.03. The Balaban J connectivity index is 0. The van der Waals surface area contributed by atoms with Gasteiger partial charge in [-0.3, -0.25) is 0 Å². The molecule has 0 saturated carbocycles. The van der Waals surface area contributed by atoms with E-state index in [0.29, 0.717) is 0 Å². The normalized spacial score (nSPS) is 5.20. The summed E-state index contributed by atoms with van der Waals surface area (Å²) < 4.78 is 25.8. The van der Waals surface area contributed by atoms with Crippen molar-refractivity contribution in [3.8, 4) is 0 Å². The van der Waals surface area contributed by atoms with E-state index in [9.17, 15) is 0 Å². The van der Waals surface area contributed by atoms with Crippen molar-refractivity contribution in [2.24, 2.45) is 0 Å². The third-order valence-electron chi connectivity index (χ3n) is 0. The SMILES string of the molecule is [Co+2].[O]=[Ti]([O-])[O-]. The summed E-state index contributed by atoms with van der Waals surface area (Å²) in [5, 5.41) is 0. The predicted molar refractivity (Wildman–Crippen MR) is 0.686 cm³/mol. The molecule has 0 unspecified atom stereocenters. The third-order valence-corrected chi connectivity index (χ3v) is 0. The Hall–Kier alpha value is 0.941. The summed E-state index contributed by atoms with van der Waals surface area (Å²) in [5.74, 6) is 0. The number of hydrogen-bond acceptors (Lipinski definition) is 3. The molecule has 0 bridgehead atoms. The van der Waals surface area contributed by atoms with E-state index in [0.717, 1.165) is 0 Å². The molecule has 5 heavy (non-hydrogen) atoms. The predicted octanol–water partition coefficient (Wildman–Crippen LogP) is -2.50. The molecule has 5 heteroatoms. The Morgan fingerprint density at radius 1 is 1.40 bits per heavy atom. The van der Waals surface area contributed by atoms with E-state index >= 15 is 0 Å². The van der Waals surface area contributed by atoms with Crippen LogP contribution in [0.3, 0.4) is 0 Å². The van der Waals surface area contributed by atoms with Crippen molar-refractivity contribution in [1.29, 1.82) is 0 Å². The van der Waals surface area contributed by atoms with Crippen molar-refractivity contribution in [1.82, 2.24) is 0 Å². The third kappa shape index (κ3) is 48.3. The molecule has 0 atom stereocenters. The molecule has 0 spiro atoms. The van der Waals surface area contributed by atoms with Gasteiger partial charge < -0.3 is 0 Å². The van der Waals surface area contributed by atoms with Gasteiger partial charge >= 0.3 is 46.1 Å². The van der Waals surface area contributed by atoms with Crippen molar-refractivity contribution >= 4 is 0 Å². The van der Waals surface area contributed by atoms with Crippen LogP contribution in [0.5, 0.6) is 0 Å². The van der Waals surface area contributed by atoms with Crippen LogP contribution in [0.1, 0.15) is 0 Å². The zero-order valence-corrected chi connectivity index (χ0v) is 4.66. The summed E-state index contributed by atoms with van der Waals surface area (Å²) in [6, 6.07) is 0. The van der Waals surface area contributed by atoms with Gasteiger partial charge in [0.05, 0.1) is 0 Å². The van der Waals surface area contributed by atoms with Gasteiger partial charge in [0, 0.05) is 0 Å². The summed E-state index contributed by atoms with van der Waals surface area (Å²) in [6.45, 7) is 0. The summed E-state index contributed by atoms with van der Waals surface area (Å²) in [6.07, 6.45) is 0. The van der Waals surface area contributed by atoms with Crippen LogP contribution in [0.15, 0.2) is 0 Å². The van der Waals surface area contributed by atoms with Crippen LogP contribution in [0.2, 0.25) is 0 Å². The van der Waals surface area contributed by atoms with E-state index in [1.165, 1.54) is 0 Å². The van der Waals surface area contributed by atoms with E-state index in [1.807, 2.05) is 0 Å². The van der Waals surface area contributed by atoms with Gasteiger partial charge in [0.25, 0.3) is 0 Å². The van der Waals surface area contributed by atoms with Gasteiger partial charge in [0.15, 0.2) is 0 Å². The average Bonchev–Trinajstić information content (AvgIpc) is 0.811. The zero-order valence-electron chi connectivity index (χ0n) is 2.06. The van der Waals surface area contributed by atoms with E-state index in [-0.39, 0.29) is 16.8 Å². The van der Waals surface area contributed by atoms with E-state index in [1.54, 1.807) is 0 Å². The van der Waals surface area contributed by atoms with E-state index < -0.39 is 18.6 Å². The van der Waals surface area contributed by atoms with E-state index in [4.69, 9.17) is 10.7 Å². The topological polar surface area (TPSA) is 63.2 Å². The van der Waals surface area contributed by atoms with Crippen molar-refractivity contribution < 1.29 is 46.1 Å². The van der Waals surface area contributed by atoms with Crippen LogP contribution in [0, 0.1) is 0 Å². The first-order valence-electron chi connectivity index (χ1n) is 0.612. The van der Waals surface area contributed by atoms with Crippen LogP contribution in [0.4, 0.5) is 0 Å². The Bertz CT molecular complexity index is 29.9. The van der Waals surface area contributed by atoms with Gasteiger partial charge in [0.1, 0.15) is 0 Å². The number of hydrogen-bond donors (Lipinski definition) is 0. The fourth-order valence-electron chi connectivity index (χ4n) is 0. The molecule has 0 amide bonds. The molecule has 0 aromatic rings. The Kier molecular flexibility index (Phi) is 9.23. The maximum absolute atomic E-state index is 8.58. The Labute approximate surface area is 46.3 Å². The van der Waals surface area contributed by atoms with Crippen molar-refractivity contribution in [2.45, 2.75) is 0 Å². The molecule has 3 nitrogen and oxygen atoms in total. The molecule has 0 saturated heterocycles. The molecule has 0 rings (SSSR count). The quantitative estimate of drug-likeness (QED) is 0.363. The molecule has 0 fully saturated rings. The molecule has 0 aromatic carbocycles. The first kappa shape index (κ1) is 9.34. The molecule has 0 aliphatic rings. The van der Waals surface area contributed by atoms with Crippen molar-refractivity contribution in [3.05, 3.63) is 0 Å². The zero-order chi connectivity index (χ0) is 3.58. The van der Waals surface area contributed by atoms with Crippen LogP contribution in [-0.2, 0) is 38.7 Å². The second kappa shape index (κ2) is 4.94. The first-order chi connectivity index (χ1) is 1.73. The van der Waals surface area contributed by atoms with Crippen LogP contribution >= 0.6 is 0 Å². The molecular formula is CoO3Ti. The molecule has 31 valence electrons. The fraction of sp³-hybridized carbons (Fsp3) is 0. The monoisotopic (exact) mass is 155 g/mol. The molecule has 0 aromatic heterocycles. The minimum atomic E-state index is -4.08. The van der Waals surface area contributed by atoms with Gasteiger partial charge in [0.2, 0.25) is 0 Å². The summed E-state index contributed by atoms with van der Waals surface area (Å²) in [5.41, 5.74) is 0. The summed E-state index contributed by atoms with van der Waals surface area (Å²) in [7, 11) is 0. The van der Waals surface area contributed by atoms with Crippen LogP contribution < -0.4 is 7.38 Å². The Morgan fingerprint density at radius 2 is 1.40 bits per heavy atom. The molecule has 1 radical (unpaired) electrons. The fourth-order valence-corrected chi connectivity index (χ4v) is 0. The molecular weight excluding hydrogens is 155 g/mol. The van der Waals surface area contributed by atoms with Gasteiger partial charge in [-0.2, -0.15) is 0 Å². The van der Waals surface area contributed by atoms with Crippen molar-refractivity contribution in [3.63, 3.8) is 0 Å². The van der Waals surface area contributed by atoms with Gasteiger partial charge in [-0.1, -0.05) is 0 Å². The average molecular weight is 155 g/mol. The number of rotatable bonds is 0. The van der Waals surface area contributed by atoms with Gasteiger partial charge in [-0.25, -0.2) is 0 Å². The minimum absolute atomic E-state index is 0. The summed E-state index contributed by atoms with van der Waals surface area (Å²) in [4.78, 5) is 0. The molecule has 0 aliphatic carbocycles. The van der Waals surface area contributed by atoms with Crippen LogP contribution in [-0.4, -0.2) is 0 Å².